The number of nitrogens with zero attached hydrogens (tertiary/aromatic N) is 2. The van der Waals surface area contributed by atoms with Crippen molar-refractivity contribution in [2.75, 3.05) is 18.1 Å². The Balaban J connectivity index is 1.61. The molecule has 1 aromatic carbocycles. The number of carbonyl (C=O) groups is 1. The van der Waals surface area contributed by atoms with Crippen molar-refractivity contribution in [1.29, 1.82) is 0 Å². The highest BCUT2D eigenvalue weighted by Gasteiger charge is 2.22. The Morgan fingerprint density at radius 3 is 2.79 bits per heavy atom. The van der Waals surface area contributed by atoms with Gasteiger partial charge in [0, 0.05) is 35.3 Å². The van der Waals surface area contributed by atoms with Crippen molar-refractivity contribution in [3.8, 4) is 0 Å². The molecule has 1 N–H and O–H groups in total. The van der Waals surface area contributed by atoms with Crippen LogP contribution >= 0.6 is 23.1 Å². The fourth-order valence-corrected chi connectivity index (χ4v) is 4.26. The molecular weight excluding hydrogens is 338 g/mol. The molecule has 1 aliphatic heterocycles. The summed E-state index contributed by atoms with van der Waals surface area (Å²) in [5.41, 5.74) is 2.18. The van der Waals surface area contributed by atoms with Crippen LogP contribution in [0.1, 0.15) is 30.0 Å². The number of hydrogen-bond acceptors (Lipinski definition) is 5. The van der Waals surface area contributed by atoms with Crippen molar-refractivity contribution in [3.05, 3.63) is 40.4 Å². The Bertz CT molecular complexity index is 710. The molecule has 3 rings (SSSR count). The minimum atomic E-state index is -0.00119. The molecule has 2 aromatic rings. The SMILES string of the molecule is CSc1ccc(CC(=O)Nc2nc3c(s2)CN(C(C)C)CC3)cc1. The van der Waals surface area contributed by atoms with Gasteiger partial charge in [-0.2, -0.15) is 0 Å². The van der Waals surface area contributed by atoms with Gasteiger partial charge in [0.05, 0.1) is 12.1 Å². The lowest BCUT2D eigenvalue weighted by molar-refractivity contribution is -0.115. The quantitative estimate of drug-likeness (QED) is 0.823. The summed E-state index contributed by atoms with van der Waals surface area (Å²) >= 11 is 3.32. The molecule has 0 saturated heterocycles. The van der Waals surface area contributed by atoms with Gasteiger partial charge in [0.15, 0.2) is 5.13 Å². The summed E-state index contributed by atoms with van der Waals surface area (Å²) in [5.74, 6) is -0.00119. The molecule has 1 aliphatic rings. The summed E-state index contributed by atoms with van der Waals surface area (Å²) in [6, 6.07) is 8.67. The second-order valence-corrected chi connectivity index (χ2v) is 8.24. The zero-order valence-electron chi connectivity index (χ0n) is 14.3. The molecule has 0 unspecified atom stereocenters. The summed E-state index contributed by atoms with van der Waals surface area (Å²) in [7, 11) is 0. The van der Waals surface area contributed by atoms with Gasteiger partial charge in [-0.25, -0.2) is 4.98 Å². The van der Waals surface area contributed by atoms with Crippen LogP contribution in [-0.2, 0) is 24.2 Å². The first-order valence-electron chi connectivity index (χ1n) is 8.20. The molecule has 24 heavy (non-hydrogen) atoms. The van der Waals surface area contributed by atoms with E-state index in [9.17, 15) is 4.79 Å². The van der Waals surface area contributed by atoms with Crippen molar-refractivity contribution in [3.63, 3.8) is 0 Å². The summed E-state index contributed by atoms with van der Waals surface area (Å²) < 4.78 is 0. The van der Waals surface area contributed by atoms with Crippen LogP contribution in [0, 0.1) is 0 Å². The highest BCUT2D eigenvalue weighted by Crippen LogP contribution is 2.29. The van der Waals surface area contributed by atoms with Crippen molar-refractivity contribution in [2.45, 2.75) is 44.2 Å². The van der Waals surface area contributed by atoms with Crippen molar-refractivity contribution >= 4 is 34.1 Å². The van der Waals surface area contributed by atoms with Gasteiger partial charge in [-0.3, -0.25) is 9.69 Å². The number of anilines is 1. The van der Waals surface area contributed by atoms with E-state index in [2.05, 4.69) is 41.2 Å². The lowest BCUT2D eigenvalue weighted by Gasteiger charge is -2.29. The number of benzene rings is 1. The van der Waals surface area contributed by atoms with Gasteiger partial charge in [-0.1, -0.05) is 12.1 Å². The number of hydrogen-bond donors (Lipinski definition) is 1. The fourth-order valence-electron chi connectivity index (χ4n) is 2.80. The number of nitrogens with one attached hydrogen (secondary N) is 1. The lowest BCUT2D eigenvalue weighted by atomic mass is 10.1. The van der Waals surface area contributed by atoms with Gasteiger partial charge < -0.3 is 5.32 Å². The third kappa shape index (κ3) is 4.18. The minimum Gasteiger partial charge on any atom is -0.302 e. The molecule has 0 saturated carbocycles. The number of aromatic nitrogens is 1. The molecule has 0 bridgehead atoms. The van der Waals surface area contributed by atoms with E-state index in [4.69, 9.17) is 0 Å². The average molecular weight is 362 g/mol. The maximum atomic E-state index is 12.3. The van der Waals surface area contributed by atoms with E-state index in [1.54, 1.807) is 23.1 Å². The molecular formula is C18H23N3OS2. The largest absolute Gasteiger partial charge is 0.302 e. The molecule has 0 atom stereocenters. The Morgan fingerprint density at radius 1 is 1.38 bits per heavy atom. The average Bonchev–Trinajstić information content (AvgIpc) is 2.96. The van der Waals surface area contributed by atoms with Gasteiger partial charge in [-0.05, 0) is 37.8 Å². The van der Waals surface area contributed by atoms with Crippen LogP contribution in [-0.4, -0.2) is 34.6 Å². The number of amides is 1. The smallest absolute Gasteiger partial charge is 0.230 e. The molecule has 4 nitrogen and oxygen atoms in total. The standard InChI is InChI=1S/C18H23N3OS2/c1-12(2)21-9-8-15-16(11-21)24-18(19-15)20-17(22)10-13-4-6-14(23-3)7-5-13/h4-7,12H,8-11H2,1-3H3,(H,19,20,22). The molecule has 1 amide bonds. The van der Waals surface area contributed by atoms with Gasteiger partial charge in [-0.15, -0.1) is 23.1 Å². The highest BCUT2D eigenvalue weighted by molar-refractivity contribution is 7.98. The highest BCUT2D eigenvalue weighted by atomic mass is 32.2. The Kier molecular flexibility index (Phi) is 5.58. The number of rotatable bonds is 5. The van der Waals surface area contributed by atoms with Gasteiger partial charge in [0.2, 0.25) is 5.91 Å². The molecule has 2 heterocycles. The van der Waals surface area contributed by atoms with Crippen LogP contribution in [0.5, 0.6) is 0 Å². The van der Waals surface area contributed by atoms with Crippen LogP contribution in [0.3, 0.4) is 0 Å². The first-order valence-corrected chi connectivity index (χ1v) is 10.2. The number of thioether (sulfide) groups is 1. The van der Waals surface area contributed by atoms with E-state index < -0.39 is 0 Å². The Labute approximate surface area is 151 Å². The maximum absolute atomic E-state index is 12.3. The van der Waals surface area contributed by atoms with E-state index in [0.29, 0.717) is 12.5 Å². The van der Waals surface area contributed by atoms with Gasteiger partial charge >= 0.3 is 0 Å². The summed E-state index contributed by atoms with van der Waals surface area (Å²) in [5, 5.41) is 3.70. The van der Waals surface area contributed by atoms with E-state index in [1.165, 1.54) is 9.77 Å². The number of carbonyl (C=O) groups excluding carboxylic acids is 1. The minimum absolute atomic E-state index is 0.00119. The van der Waals surface area contributed by atoms with Gasteiger partial charge in [0.1, 0.15) is 0 Å². The van der Waals surface area contributed by atoms with Crippen LogP contribution in [0.25, 0.3) is 0 Å². The maximum Gasteiger partial charge on any atom is 0.230 e. The predicted octanol–water partition coefficient (Wildman–Crippen LogP) is 3.81. The molecule has 128 valence electrons. The monoisotopic (exact) mass is 361 g/mol. The zero-order chi connectivity index (χ0) is 17.1. The van der Waals surface area contributed by atoms with Crippen molar-refractivity contribution in [2.24, 2.45) is 0 Å². The first-order chi connectivity index (χ1) is 11.5. The molecule has 0 fully saturated rings. The second-order valence-electron chi connectivity index (χ2n) is 6.28. The van der Waals surface area contributed by atoms with Crippen LogP contribution in [0.4, 0.5) is 5.13 Å². The van der Waals surface area contributed by atoms with Crippen LogP contribution < -0.4 is 5.32 Å². The molecule has 0 spiro atoms. The third-order valence-electron chi connectivity index (χ3n) is 4.26. The second kappa shape index (κ2) is 7.68. The summed E-state index contributed by atoms with van der Waals surface area (Å²) in [6.45, 7) is 6.42. The normalized spacial score (nSPS) is 14.7. The van der Waals surface area contributed by atoms with Crippen LogP contribution in [0.2, 0.25) is 0 Å². The third-order valence-corrected chi connectivity index (χ3v) is 6.00. The summed E-state index contributed by atoms with van der Waals surface area (Å²) in [4.78, 5) is 21.8. The lowest BCUT2D eigenvalue weighted by Crippen LogP contribution is -2.35. The number of thiazole rings is 1. The molecule has 1 aromatic heterocycles. The van der Waals surface area contributed by atoms with Crippen molar-refractivity contribution < 1.29 is 4.79 Å². The number of fused-ring (bicyclic) bond motifs is 1. The Hall–Kier alpha value is -1.37. The molecule has 0 aliphatic carbocycles. The van der Waals surface area contributed by atoms with Crippen LogP contribution in [0.15, 0.2) is 29.2 Å². The zero-order valence-corrected chi connectivity index (χ0v) is 16.0. The van der Waals surface area contributed by atoms with Gasteiger partial charge in [0.25, 0.3) is 0 Å². The van der Waals surface area contributed by atoms with E-state index >= 15 is 0 Å². The fraction of sp³-hybridized carbons (Fsp3) is 0.444. The Morgan fingerprint density at radius 2 is 2.12 bits per heavy atom. The molecule has 0 radical (unpaired) electrons. The van der Waals surface area contributed by atoms with E-state index in [-0.39, 0.29) is 5.91 Å². The van der Waals surface area contributed by atoms with E-state index in [0.717, 1.165) is 35.9 Å². The first kappa shape index (κ1) is 17.5. The predicted molar refractivity (Wildman–Crippen MR) is 102 cm³/mol. The summed E-state index contributed by atoms with van der Waals surface area (Å²) in [6.07, 6.45) is 3.40. The molecule has 6 heteroatoms. The topological polar surface area (TPSA) is 45.2 Å². The van der Waals surface area contributed by atoms with Crippen molar-refractivity contribution in [1.82, 2.24) is 9.88 Å². The van der Waals surface area contributed by atoms with E-state index in [1.807, 2.05) is 18.4 Å².